The molecule has 1 aliphatic rings. The second kappa shape index (κ2) is 6.32. The number of hydrogen-bond acceptors (Lipinski definition) is 6. The monoisotopic (exact) mass is 345 g/mol. The normalized spacial score (nSPS) is 22.7. The largest absolute Gasteiger partial charge is 0.481 e. The average molecular weight is 345 g/mol. The predicted octanol–water partition coefficient (Wildman–Crippen LogP) is 1.25. The van der Waals surface area contributed by atoms with Crippen molar-refractivity contribution in [2.24, 2.45) is 5.92 Å². The van der Waals surface area contributed by atoms with Crippen LogP contribution in [-0.4, -0.2) is 49.5 Å². The summed E-state index contributed by atoms with van der Waals surface area (Å²) < 4.78 is 36.4. The maximum absolute atomic E-state index is 12.7. The first-order valence-corrected chi connectivity index (χ1v) is 8.57. The molecular formula is C14H19NO7S. The lowest BCUT2D eigenvalue weighted by atomic mass is 9.92. The summed E-state index contributed by atoms with van der Waals surface area (Å²) in [7, 11) is -2.84. The summed E-state index contributed by atoms with van der Waals surface area (Å²) in [6, 6.07) is 0.423. The van der Waals surface area contributed by atoms with Crippen LogP contribution in [0.2, 0.25) is 0 Å². The van der Waals surface area contributed by atoms with Crippen molar-refractivity contribution in [2.75, 3.05) is 13.7 Å². The summed E-state index contributed by atoms with van der Waals surface area (Å²) in [6.07, 6.45) is 0.872. The van der Waals surface area contributed by atoms with E-state index in [1.54, 1.807) is 6.92 Å². The van der Waals surface area contributed by atoms with Gasteiger partial charge in [0.2, 0.25) is 5.09 Å². The van der Waals surface area contributed by atoms with E-state index >= 15 is 0 Å². The highest BCUT2D eigenvalue weighted by atomic mass is 32.2. The SMILES string of the molecule is COC(=O)c1cc(S(=O)(=O)N2CCC[C@H](C(=O)O)[C@@H]2C)oc1C. The lowest BCUT2D eigenvalue weighted by molar-refractivity contribution is -0.144. The molecule has 1 fully saturated rings. The number of hydrogen-bond donors (Lipinski definition) is 1. The van der Waals surface area contributed by atoms with E-state index in [4.69, 9.17) is 4.42 Å². The summed E-state index contributed by atoms with van der Waals surface area (Å²) in [5.41, 5.74) is 0.0329. The molecule has 2 rings (SSSR count). The lowest BCUT2D eigenvalue weighted by Crippen LogP contribution is -2.48. The number of furan rings is 1. The zero-order valence-electron chi connectivity index (χ0n) is 13.1. The molecular weight excluding hydrogens is 326 g/mol. The van der Waals surface area contributed by atoms with Gasteiger partial charge in [0.15, 0.2) is 0 Å². The second-order valence-electron chi connectivity index (χ2n) is 5.47. The molecule has 1 aliphatic heterocycles. The number of aryl methyl sites for hydroxylation is 1. The van der Waals surface area contributed by atoms with E-state index in [0.717, 1.165) is 10.4 Å². The third-order valence-corrected chi connectivity index (χ3v) is 5.95. The molecule has 2 heterocycles. The fraction of sp³-hybridized carbons (Fsp3) is 0.571. The second-order valence-corrected chi connectivity index (χ2v) is 7.29. The number of aliphatic carboxylic acids is 1. The highest BCUT2D eigenvalue weighted by Crippen LogP contribution is 2.31. The van der Waals surface area contributed by atoms with Crippen LogP contribution < -0.4 is 0 Å². The standard InChI is InChI=1S/C14H19NO7S/c1-8-10(13(16)17)5-4-6-15(8)23(19,20)12-7-11(9(2)22-12)14(18)21-3/h7-8,10H,4-6H2,1-3H3,(H,16,17)/t8-,10-/m0/s1. The molecule has 0 aliphatic carbocycles. The van der Waals surface area contributed by atoms with Gasteiger partial charge in [-0.15, -0.1) is 0 Å². The Morgan fingerprint density at radius 2 is 2.09 bits per heavy atom. The van der Waals surface area contributed by atoms with Gasteiger partial charge in [-0.3, -0.25) is 4.79 Å². The Morgan fingerprint density at radius 1 is 1.43 bits per heavy atom. The van der Waals surface area contributed by atoms with Crippen LogP contribution in [0, 0.1) is 12.8 Å². The van der Waals surface area contributed by atoms with E-state index in [0.29, 0.717) is 12.8 Å². The summed E-state index contributed by atoms with van der Waals surface area (Å²) in [5, 5.41) is 8.83. The molecule has 0 amide bonds. The summed E-state index contributed by atoms with van der Waals surface area (Å²) >= 11 is 0. The van der Waals surface area contributed by atoms with Gasteiger partial charge in [0.1, 0.15) is 11.3 Å². The van der Waals surface area contributed by atoms with Gasteiger partial charge in [-0.1, -0.05) is 0 Å². The molecule has 23 heavy (non-hydrogen) atoms. The van der Waals surface area contributed by atoms with Crippen LogP contribution in [0.3, 0.4) is 0 Å². The first-order valence-electron chi connectivity index (χ1n) is 7.13. The number of carbonyl (C=O) groups is 2. The van der Waals surface area contributed by atoms with Gasteiger partial charge in [-0.2, -0.15) is 4.31 Å². The molecule has 0 aromatic carbocycles. The Labute approximate surface area is 134 Å². The number of methoxy groups -OCH3 is 1. The van der Waals surface area contributed by atoms with Gasteiger partial charge in [-0.25, -0.2) is 13.2 Å². The third kappa shape index (κ3) is 3.11. The molecule has 0 unspecified atom stereocenters. The van der Waals surface area contributed by atoms with Gasteiger partial charge >= 0.3 is 11.9 Å². The summed E-state index contributed by atoms with van der Waals surface area (Å²) in [4.78, 5) is 22.8. The minimum atomic E-state index is -4.03. The average Bonchev–Trinajstić information content (AvgIpc) is 2.89. The molecule has 0 bridgehead atoms. The fourth-order valence-corrected chi connectivity index (χ4v) is 4.47. The zero-order chi connectivity index (χ0) is 17.4. The number of carboxylic acid groups (broad SMARTS) is 1. The number of piperidine rings is 1. The zero-order valence-corrected chi connectivity index (χ0v) is 13.9. The number of esters is 1. The van der Waals surface area contributed by atoms with Crippen molar-refractivity contribution in [1.29, 1.82) is 0 Å². The highest BCUT2D eigenvalue weighted by Gasteiger charge is 2.41. The quantitative estimate of drug-likeness (QED) is 0.817. The molecule has 128 valence electrons. The molecule has 0 spiro atoms. The molecule has 0 saturated carbocycles. The lowest BCUT2D eigenvalue weighted by Gasteiger charge is -2.35. The summed E-state index contributed by atoms with van der Waals surface area (Å²) in [6.45, 7) is 3.23. The maximum atomic E-state index is 12.7. The van der Waals surface area contributed by atoms with Crippen molar-refractivity contribution < 1.29 is 32.3 Å². The van der Waals surface area contributed by atoms with Crippen LogP contribution in [0.15, 0.2) is 15.6 Å². The fourth-order valence-electron chi connectivity index (χ4n) is 2.79. The Bertz CT molecular complexity index is 721. The van der Waals surface area contributed by atoms with Crippen molar-refractivity contribution in [3.63, 3.8) is 0 Å². The number of ether oxygens (including phenoxy) is 1. The number of carboxylic acids is 1. The van der Waals surface area contributed by atoms with E-state index in [-0.39, 0.29) is 23.0 Å². The number of sulfonamides is 1. The molecule has 1 saturated heterocycles. The van der Waals surface area contributed by atoms with Crippen LogP contribution in [0.4, 0.5) is 0 Å². The Balaban J connectivity index is 2.38. The van der Waals surface area contributed by atoms with Gasteiger partial charge in [-0.05, 0) is 26.7 Å². The molecule has 1 N–H and O–H groups in total. The Morgan fingerprint density at radius 3 is 2.65 bits per heavy atom. The van der Waals surface area contributed by atoms with Gasteiger partial charge in [0.25, 0.3) is 10.0 Å². The van der Waals surface area contributed by atoms with E-state index in [9.17, 15) is 23.1 Å². The van der Waals surface area contributed by atoms with Crippen molar-refractivity contribution in [3.8, 4) is 0 Å². The Kier molecular flexibility index (Phi) is 4.81. The first-order chi connectivity index (χ1) is 10.7. The molecule has 1 aromatic heterocycles. The minimum Gasteiger partial charge on any atom is -0.481 e. The van der Waals surface area contributed by atoms with E-state index < -0.39 is 33.9 Å². The number of nitrogens with zero attached hydrogens (tertiary/aromatic N) is 1. The van der Waals surface area contributed by atoms with Crippen molar-refractivity contribution >= 4 is 22.0 Å². The van der Waals surface area contributed by atoms with Gasteiger partial charge < -0.3 is 14.3 Å². The van der Waals surface area contributed by atoms with E-state index in [1.807, 2.05) is 0 Å². The van der Waals surface area contributed by atoms with Crippen LogP contribution in [0.5, 0.6) is 0 Å². The number of rotatable bonds is 4. The van der Waals surface area contributed by atoms with Crippen molar-refractivity contribution in [1.82, 2.24) is 4.31 Å². The first kappa shape index (κ1) is 17.5. The molecule has 8 nitrogen and oxygen atoms in total. The van der Waals surface area contributed by atoms with Crippen molar-refractivity contribution in [2.45, 2.75) is 37.8 Å². The van der Waals surface area contributed by atoms with Crippen LogP contribution >= 0.6 is 0 Å². The molecule has 9 heteroatoms. The minimum absolute atomic E-state index is 0.0329. The maximum Gasteiger partial charge on any atom is 0.341 e. The van der Waals surface area contributed by atoms with Crippen LogP contribution in [-0.2, 0) is 19.6 Å². The molecule has 0 radical (unpaired) electrons. The summed E-state index contributed by atoms with van der Waals surface area (Å²) in [5.74, 6) is -2.35. The van der Waals surface area contributed by atoms with Gasteiger partial charge in [0.05, 0.1) is 13.0 Å². The van der Waals surface area contributed by atoms with Gasteiger partial charge in [0, 0.05) is 18.7 Å². The topological polar surface area (TPSA) is 114 Å². The smallest absolute Gasteiger partial charge is 0.341 e. The van der Waals surface area contributed by atoms with Crippen molar-refractivity contribution in [3.05, 3.63) is 17.4 Å². The van der Waals surface area contributed by atoms with Crippen LogP contribution in [0.25, 0.3) is 0 Å². The predicted molar refractivity (Wildman–Crippen MR) is 78.5 cm³/mol. The third-order valence-electron chi connectivity index (χ3n) is 4.11. The van der Waals surface area contributed by atoms with Crippen LogP contribution in [0.1, 0.15) is 35.9 Å². The van der Waals surface area contributed by atoms with E-state index in [1.165, 1.54) is 14.0 Å². The van der Waals surface area contributed by atoms with E-state index in [2.05, 4.69) is 4.74 Å². The highest BCUT2D eigenvalue weighted by molar-refractivity contribution is 7.89. The molecule has 1 aromatic rings. The Hall–Kier alpha value is -1.87. The molecule has 2 atom stereocenters. The number of carbonyl (C=O) groups excluding carboxylic acids is 1.